The smallest absolute Gasteiger partial charge is 0.0763 e. The lowest BCUT2D eigenvalue weighted by atomic mass is 10.2. The number of thiocarbonyl (C=S) groups is 1. The molecule has 1 aromatic rings. The lowest BCUT2D eigenvalue weighted by Gasteiger charge is -1.99. The number of thiol groups is 1. The molecule has 0 N–H and O–H groups in total. The molecule has 1 rings (SSSR count). The summed E-state index contributed by atoms with van der Waals surface area (Å²) in [6, 6.07) is 5.59. The topological polar surface area (TPSA) is 12.9 Å². The van der Waals surface area contributed by atoms with Crippen LogP contribution in [0.5, 0.6) is 0 Å². The Kier molecular flexibility index (Phi) is 2.79. The van der Waals surface area contributed by atoms with Gasteiger partial charge in [0.25, 0.3) is 0 Å². The van der Waals surface area contributed by atoms with Crippen LogP contribution >= 0.6 is 24.8 Å². The van der Waals surface area contributed by atoms with E-state index in [4.69, 9.17) is 12.2 Å². The second-order valence-corrected chi connectivity index (χ2v) is 3.16. The van der Waals surface area contributed by atoms with Crippen LogP contribution in [0.3, 0.4) is 0 Å². The van der Waals surface area contributed by atoms with Gasteiger partial charge in [-0.25, -0.2) is 0 Å². The number of rotatable bonds is 2. The van der Waals surface area contributed by atoms with E-state index < -0.39 is 0 Å². The SMILES string of the molecule is C=C(C(=S)S)c1ccccn1. The summed E-state index contributed by atoms with van der Waals surface area (Å²) in [5.41, 5.74) is 1.48. The maximum atomic E-state index is 4.82. The third-order valence-electron chi connectivity index (χ3n) is 1.23. The highest BCUT2D eigenvalue weighted by molar-refractivity contribution is 8.12. The van der Waals surface area contributed by atoms with Crippen molar-refractivity contribution in [2.45, 2.75) is 0 Å². The maximum absolute atomic E-state index is 4.82. The number of nitrogens with zero attached hydrogens (tertiary/aromatic N) is 1. The molecule has 11 heavy (non-hydrogen) atoms. The Balaban J connectivity index is 2.95. The first-order chi connectivity index (χ1) is 5.22. The van der Waals surface area contributed by atoms with Gasteiger partial charge in [0.05, 0.1) is 9.89 Å². The van der Waals surface area contributed by atoms with Crippen molar-refractivity contribution in [1.29, 1.82) is 0 Å². The molecule has 0 aliphatic rings. The first-order valence-corrected chi connectivity index (χ1v) is 3.91. The van der Waals surface area contributed by atoms with Gasteiger partial charge >= 0.3 is 0 Å². The summed E-state index contributed by atoms with van der Waals surface area (Å²) in [5.74, 6) is 0. The van der Waals surface area contributed by atoms with E-state index in [0.717, 1.165) is 5.69 Å². The molecular weight excluding hydrogens is 174 g/mol. The zero-order valence-electron chi connectivity index (χ0n) is 5.82. The van der Waals surface area contributed by atoms with Gasteiger partial charge in [0, 0.05) is 11.8 Å². The predicted octanol–water partition coefficient (Wildman–Crippen LogP) is 2.35. The van der Waals surface area contributed by atoms with Gasteiger partial charge in [-0.15, -0.1) is 12.6 Å². The molecule has 0 saturated heterocycles. The average Bonchev–Trinajstić information content (AvgIpc) is 2.05. The van der Waals surface area contributed by atoms with Gasteiger partial charge in [-0.1, -0.05) is 24.9 Å². The van der Waals surface area contributed by atoms with E-state index in [1.54, 1.807) is 6.20 Å². The lowest BCUT2D eigenvalue weighted by Crippen LogP contribution is -1.91. The van der Waals surface area contributed by atoms with E-state index in [0.29, 0.717) is 9.77 Å². The quantitative estimate of drug-likeness (QED) is 0.427. The highest BCUT2D eigenvalue weighted by Gasteiger charge is 2.00. The van der Waals surface area contributed by atoms with E-state index in [-0.39, 0.29) is 0 Å². The Morgan fingerprint density at radius 1 is 1.55 bits per heavy atom. The monoisotopic (exact) mass is 181 g/mol. The first-order valence-electron chi connectivity index (χ1n) is 3.05. The standard InChI is InChI=1S/C8H7NS2/c1-6(8(10)11)7-4-2-3-5-9-7/h2-5H,1H2,(H,10,11). The molecule has 0 aromatic carbocycles. The molecular formula is C8H7NS2. The Morgan fingerprint density at radius 2 is 2.27 bits per heavy atom. The summed E-state index contributed by atoms with van der Waals surface area (Å²) >= 11 is 8.82. The molecule has 0 aliphatic heterocycles. The number of hydrogen-bond acceptors (Lipinski definition) is 2. The Hall–Kier alpha value is -0.670. The molecule has 0 spiro atoms. The number of hydrogen-bond donors (Lipinski definition) is 1. The summed E-state index contributed by atoms with van der Waals surface area (Å²) in [6.45, 7) is 3.74. The molecule has 0 bridgehead atoms. The first kappa shape index (κ1) is 8.43. The second kappa shape index (κ2) is 3.64. The summed E-state index contributed by atoms with van der Waals surface area (Å²) in [6.07, 6.45) is 1.70. The van der Waals surface area contributed by atoms with Crippen LogP contribution < -0.4 is 0 Å². The second-order valence-electron chi connectivity index (χ2n) is 2.00. The van der Waals surface area contributed by atoms with Crippen LogP contribution in [0.15, 0.2) is 31.0 Å². The number of pyridine rings is 1. The normalized spacial score (nSPS) is 9.18. The highest BCUT2D eigenvalue weighted by Crippen LogP contribution is 2.12. The van der Waals surface area contributed by atoms with E-state index in [2.05, 4.69) is 24.2 Å². The minimum Gasteiger partial charge on any atom is -0.256 e. The minimum absolute atomic E-state index is 0.490. The van der Waals surface area contributed by atoms with E-state index >= 15 is 0 Å². The molecule has 0 radical (unpaired) electrons. The summed E-state index contributed by atoms with van der Waals surface area (Å²) in [7, 11) is 0. The highest BCUT2D eigenvalue weighted by atomic mass is 32.1. The Morgan fingerprint density at radius 3 is 2.73 bits per heavy atom. The third-order valence-corrected chi connectivity index (χ3v) is 1.75. The molecule has 0 amide bonds. The zero-order valence-corrected chi connectivity index (χ0v) is 7.53. The summed E-state index contributed by atoms with van der Waals surface area (Å²) in [4.78, 5) is 4.06. The van der Waals surface area contributed by atoms with Crippen molar-refractivity contribution < 1.29 is 0 Å². The van der Waals surface area contributed by atoms with Crippen molar-refractivity contribution in [3.8, 4) is 0 Å². The van der Waals surface area contributed by atoms with Gasteiger partial charge in [0.15, 0.2) is 0 Å². The maximum Gasteiger partial charge on any atom is 0.0763 e. The fraction of sp³-hybridized carbons (Fsp3) is 0. The van der Waals surface area contributed by atoms with Gasteiger partial charge in [-0.2, -0.15) is 0 Å². The van der Waals surface area contributed by atoms with Gasteiger partial charge < -0.3 is 0 Å². The van der Waals surface area contributed by atoms with Crippen molar-refractivity contribution in [3.05, 3.63) is 36.7 Å². The van der Waals surface area contributed by atoms with Crippen LogP contribution in [-0.4, -0.2) is 9.18 Å². The Labute approximate surface area is 76.6 Å². The molecule has 0 atom stereocenters. The average molecular weight is 181 g/mol. The third kappa shape index (κ3) is 2.13. The van der Waals surface area contributed by atoms with Crippen molar-refractivity contribution in [2.75, 3.05) is 0 Å². The molecule has 1 aromatic heterocycles. The zero-order chi connectivity index (χ0) is 8.27. The molecule has 0 fully saturated rings. The predicted molar refractivity (Wildman–Crippen MR) is 54.9 cm³/mol. The van der Waals surface area contributed by atoms with Crippen LogP contribution in [0.25, 0.3) is 5.57 Å². The van der Waals surface area contributed by atoms with Gasteiger partial charge in [0.1, 0.15) is 0 Å². The Bertz CT molecular complexity index is 279. The fourth-order valence-electron chi connectivity index (χ4n) is 0.651. The van der Waals surface area contributed by atoms with E-state index in [1.807, 2.05) is 18.2 Å². The molecule has 56 valence electrons. The summed E-state index contributed by atoms with van der Waals surface area (Å²) < 4.78 is 0.490. The van der Waals surface area contributed by atoms with Gasteiger partial charge in [0.2, 0.25) is 0 Å². The molecule has 1 heterocycles. The van der Waals surface area contributed by atoms with Crippen LogP contribution in [0.4, 0.5) is 0 Å². The van der Waals surface area contributed by atoms with Gasteiger partial charge in [-0.05, 0) is 12.1 Å². The fourth-order valence-corrected chi connectivity index (χ4v) is 0.870. The lowest BCUT2D eigenvalue weighted by molar-refractivity contribution is 1.29. The van der Waals surface area contributed by atoms with Crippen molar-refractivity contribution in [2.24, 2.45) is 0 Å². The van der Waals surface area contributed by atoms with E-state index in [9.17, 15) is 0 Å². The van der Waals surface area contributed by atoms with Gasteiger partial charge in [-0.3, -0.25) is 4.98 Å². The van der Waals surface area contributed by atoms with Crippen molar-refractivity contribution in [1.82, 2.24) is 4.98 Å². The van der Waals surface area contributed by atoms with Crippen molar-refractivity contribution in [3.63, 3.8) is 0 Å². The minimum atomic E-state index is 0.490. The van der Waals surface area contributed by atoms with Crippen molar-refractivity contribution >= 4 is 34.6 Å². The van der Waals surface area contributed by atoms with E-state index in [1.165, 1.54) is 0 Å². The van der Waals surface area contributed by atoms with Crippen LogP contribution in [0.1, 0.15) is 5.69 Å². The molecule has 0 unspecified atom stereocenters. The van der Waals surface area contributed by atoms with Crippen LogP contribution in [0.2, 0.25) is 0 Å². The molecule has 0 saturated carbocycles. The number of aromatic nitrogens is 1. The molecule has 1 nitrogen and oxygen atoms in total. The molecule has 0 aliphatic carbocycles. The summed E-state index contributed by atoms with van der Waals surface area (Å²) in [5, 5.41) is 0. The van der Waals surface area contributed by atoms with Crippen LogP contribution in [-0.2, 0) is 0 Å². The van der Waals surface area contributed by atoms with Crippen LogP contribution in [0, 0.1) is 0 Å². The largest absolute Gasteiger partial charge is 0.256 e. The molecule has 3 heteroatoms.